The van der Waals surface area contributed by atoms with Crippen molar-refractivity contribution >= 4 is 52.4 Å². The number of aryl methyl sites for hydroxylation is 1. The molecule has 2 atom stereocenters. The Morgan fingerprint density at radius 3 is 2.50 bits per heavy atom. The first-order chi connectivity index (χ1) is 26.0. The van der Waals surface area contributed by atoms with E-state index >= 15 is 0 Å². The lowest BCUT2D eigenvalue weighted by atomic mass is 10.0. The maximum absolute atomic E-state index is 12.4. The quantitative estimate of drug-likeness (QED) is 0.0666. The average Bonchev–Trinajstić information content (AvgIpc) is 3.78. The van der Waals surface area contributed by atoms with Crippen molar-refractivity contribution in [2.45, 2.75) is 77.0 Å². The molecule has 292 valence electrons. The van der Waals surface area contributed by atoms with Crippen molar-refractivity contribution in [3.05, 3.63) is 59.0 Å². The van der Waals surface area contributed by atoms with Gasteiger partial charge in [0.05, 0.1) is 24.8 Å². The minimum Gasteiger partial charge on any atom is -0.480 e. The molecule has 0 spiro atoms. The number of carboxylic acids is 2. The number of rotatable bonds is 21. The number of aliphatic carboxylic acids is 2. The van der Waals surface area contributed by atoms with Crippen LogP contribution in [0.4, 0.5) is 11.8 Å². The summed E-state index contributed by atoms with van der Waals surface area (Å²) in [5, 5.41) is 31.7. The van der Waals surface area contributed by atoms with Gasteiger partial charge in [-0.1, -0.05) is 43.2 Å². The molecule has 0 radical (unpaired) electrons. The Morgan fingerprint density at radius 1 is 1.00 bits per heavy atom. The molecule has 4 heterocycles. The van der Waals surface area contributed by atoms with Gasteiger partial charge in [-0.15, -0.1) is 16.9 Å². The fourth-order valence-electron chi connectivity index (χ4n) is 6.32. The summed E-state index contributed by atoms with van der Waals surface area (Å²) < 4.78 is 3.94. The molecule has 3 aromatic heterocycles. The van der Waals surface area contributed by atoms with Crippen LogP contribution < -0.4 is 22.1 Å². The van der Waals surface area contributed by atoms with E-state index in [9.17, 15) is 19.5 Å². The SMILES string of the molecule is CCCCCNc1nc(N)nc2ccn(Cc3ccc(CN4CCN(CCn5cc(CNC(=O)C[C@H](SC[C@H](N)C(=O)O)C(=O)O)nn5)CC4)cc3C)c12. The zero-order valence-corrected chi connectivity index (χ0v) is 31.8. The third kappa shape index (κ3) is 11.6. The van der Waals surface area contributed by atoms with Crippen molar-refractivity contribution in [2.75, 3.05) is 56.1 Å². The molecule has 0 aliphatic carbocycles. The van der Waals surface area contributed by atoms with Gasteiger partial charge in [0.2, 0.25) is 11.9 Å². The highest BCUT2D eigenvalue weighted by Crippen LogP contribution is 2.25. The second kappa shape index (κ2) is 19.5. The molecule has 1 saturated heterocycles. The predicted octanol–water partition coefficient (Wildman–Crippen LogP) is 1.99. The fraction of sp³-hybridized carbons (Fsp3) is 0.528. The van der Waals surface area contributed by atoms with E-state index in [2.05, 4.69) is 83.5 Å². The number of thioether (sulfide) groups is 1. The molecule has 1 aromatic carbocycles. The van der Waals surface area contributed by atoms with Crippen LogP contribution in [0.5, 0.6) is 0 Å². The van der Waals surface area contributed by atoms with Crippen molar-refractivity contribution in [2.24, 2.45) is 5.73 Å². The summed E-state index contributed by atoms with van der Waals surface area (Å²) in [6, 6.07) is 7.54. The van der Waals surface area contributed by atoms with E-state index in [1.54, 1.807) is 10.9 Å². The number of nitrogens with zero attached hydrogens (tertiary/aromatic N) is 8. The van der Waals surface area contributed by atoms with Crippen LogP contribution >= 0.6 is 11.8 Å². The summed E-state index contributed by atoms with van der Waals surface area (Å²) in [6.07, 6.45) is 6.91. The number of nitrogens with two attached hydrogens (primary N) is 2. The molecule has 1 amide bonds. The fourth-order valence-corrected chi connectivity index (χ4v) is 7.31. The number of piperazine rings is 1. The van der Waals surface area contributed by atoms with E-state index in [1.165, 1.54) is 16.7 Å². The van der Waals surface area contributed by atoms with Gasteiger partial charge in [-0.05, 0) is 36.1 Å². The van der Waals surface area contributed by atoms with Gasteiger partial charge in [0.1, 0.15) is 22.5 Å². The number of unbranched alkanes of at least 4 members (excludes halogenated alkanes) is 2. The predicted molar refractivity (Wildman–Crippen MR) is 208 cm³/mol. The molecule has 1 fully saturated rings. The minimum absolute atomic E-state index is 0.106. The Bertz CT molecular complexity index is 1880. The lowest BCUT2D eigenvalue weighted by Gasteiger charge is -2.34. The van der Waals surface area contributed by atoms with Crippen molar-refractivity contribution in [3.63, 3.8) is 0 Å². The van der Waals surface area contributed by atoms with Gasteiger partial charge in [0.15, 0.2) is 5.82 Å². The van der Waals surface area contributed by atoms with Crippen LogP contribution in [0.2, 0.25) is 0 Å². The monoisotopic (exact) mass is 764 g/mol. The van der Waals surface area contributed by atoms with E-state index in [4.69, 9.17) is 16.6 Å². The zero-order chi connectivity index (χ0) is 38.6. The summed E-state index contributed by atoms with van der Waals surface area (Å²) >= 11 is 0.831. The summed E-state index contributed by atoms with van der Waals surface area (Å²) in [5.41, 5.74) is 17.6. The number of nitrogen functional groups attached to an aromatic ring is 1. The molecule has 0 bridgehead atoms. The van der Waals surface area contributed by atoms with Crippen molar-refractivity contribution in [1.82, 2.24) is 44.6 Å². The smallest absolute Gasteiger partial charge is 0.321 e. The van der Waals surface area contributed by atoms with Gasteiger partial charge >= 0.3 is 11.9 Å². The summed E-state index contributed by atoms with van der Waals surface area (Å²) in [7, 11) is 0. The van der Waals surface area contributed by atoms with Crippen molar-refractivity contribution in [3.8, 4) is 0 Å². The maximum atomic E-state index is 12.4. The summed E-state index contributed by atoms with van der Waals surface area (Å²) in [5.74, 6) is -1.97. The number of fused-ring (bicyclic) bond motifs is 1. The van der Waals surface area contributed by atoms with E-state index < -0.39 is 29.1 Å². The first kappa shape index (κ1) is 40.4. The standard InChI is InChI=1S/C36H52N12O5S/c1-3-4-5-9-39-33-32-29(41-36(38)42-33)8-10-47(32)21-26-7-6-25(17-24(26)2)20-46-13-11-45(12-14-46)15-16-48-22-27(43-44-48)19-40-31(49)18-30(35(52)53)54-23-28(37)34(50)51/h6-8,10,17,22,28,30H,3-5,9,11-16,18-21,23,37H2,1-2H3,(H,40,49)(H,50,51)(H,52,53)(H3,38,39,41,42)/t28-,30-/m0/s1. The third-order valence-electron chi connectivity index (χ3n) is 9.46. The Morgan fingerprint density at radius 2 is 1.78 bits per heavy atom. The van der Waals surface area contributed by atoms with Crippen molar-refractivity contribution < 1.29 is 24.6 Å². The molecule has 1 aliphatic rings. The number of aromatic nitrogens is 6. The lowest BCUT2D eigenvalue weighted by molar-refractivity contribution is -0.139. The van der Waals surface area contributed by atoms with Crippen LogP contribution in [0.25, 0.3) is 11.0 Å². The number of nitrogens with one attached hydrogen (secondary N) is 2. The second-order valence-corrected chi connectivity index (χ2v) is 14.9. The number of hydrogen-bond donors (Lipinski definition) is 6. The highest BCUT2D eigenvalue weighted by atomic mass is 32.2. The number of hydrogen-bond acceptors (Lipinski definition) is 13. The first-order valence-electron chi connectivity index (χ1n) is 18.4. The molecule has 5 rings (SSSR count). The van der Waals surface area contributed by atoms with Gasteiger partial charge in [0, 0.05) is 70.7 Å². The van der Waals surface area contributed by atoms with Gasteiger partial charge in [0.25, 0.3) is 0 Å². The first-order valence-corrected chi connectivity index (χ1v) is 19.4. The normalized spacial score (nSPS) is 14.9. The highest BCUT2D eigenvalue weighted by molar-refractivity contribution is 8.00. The maximum Gasteiger partial charge on any atom is 0.321 e. The Labute approximate surface area is 318 Å². The minimum atomic E-state index is -1.23. The lowest BCUT2D eigenvalue weighted by Crippen LogP contribution is -2.46. The highest BCUT2D eigenvalue weighted by Gasteiger charge is 2.25. The van der Waals surface area contributed by atoms with Crippen molar-refractivity contribution in [1.29, 1.82) is 0 Å². The van der Waals surface area contributed by atoms with E-state index in [0.29, 0.717) is 18.8 Å². The molecule has 4 aromatic rings. The molecular weight excluding hydrogens is 713 g/mol. The number of carboxylic acid groups (broad SMARTS) is 2. The summed E-state index contributed by atoms with van der Waals surface area (Å²) in [4.78, 5) is 48.6. The topological polar surface area (TPSA) is 236 Å². The molecule has 8 N–H and O–H groups in total. The number of carbonyl (C=O) groups excluding carboxylic acids is 1. The molecular formula is C36H52N12O5S. The third-order valence-corrected chi connectivity index (χ3v) is 10.8. The zero-order valence-electron chi connectivity index (χ0n) is 31.0. The van der Waals surface area contributed by atoms with E-state index in [0.717, 1.165) is 93.7 Å². The number of benzene rings is 1. The Balaban J connectivity index is 1.04. The van der Waals surface area contributed by atoms with E-state index in [-0.39, 0.29) is 24.7 Å². The number of amides is 1. The van der Waals surface area contributed by atoms with Gasteiger partial charge in [-0.25, -0.2) is 4.98 Å². The average molecular weight is 765 g/mol. The van der Waals surface area contributed by atoms with Crippen LogP contribution in [-0.2, 0) is 40.6 Å². The molecule has 17 nitrogen and oxygen atoms in total. The molecule has 1 aliphatic heterocycles. The molecule has 0 saturated carbocycles. The van der Waals surface area contributed by atoms with Gasteiger partial charge < -0.3 is 36.9 Å². The summed E-state index contributed by atoms with van der Waals surface area (Å²) in [6.45, 7) is 12.2. The second-order valence-electron chi connectivity index (χ2n) is 13.7. The van der Waals surface area contributed by atoms with Gasteiger partial charge in [-0.3, -0.25) is 28.9 Å². The molecule has 54 heavy (non-hydrogen) atoms. The van der Waals surface area contributed by atoms with Crippen LogP contribution in [0.3, 0.4) is 0 Å². The van der Waals surface area contributed by atoms with Crippen LogP contribution in [0.15, 0.2) is 36.7 Å². The van der Waals surface area contributed by atoms with E-state index in [1.807, 2.05) is 6.07 Å². The van der Waals surface area contributed by atoms with Crippen LogP contribution in [-0.4, -0.2) is 124 Å². The largest absolute Gasteiger partial charge is 0.480 e. The Hall–Kier alpha value is -4.78. The Kier molecular flexibility index (Phi) is 14.6. The van der Waals surface area contributed by atoms with Gasteiger partial charge in [-0.2, -0.15) is 4.98 Å². The van der Waals surface area contributed by atoms with Crippen LogP contribution in [0.1, 0.15) is 55.0 Å². The molecule has 18 heteroatoms. The van der Waals surface area contributed by atoms with Crippen LogP contribution in [0, 0.1) is 6.92 Å². The molecule has 0 unspecified atom stereocenters. The number of carbonyl (C=O) groups is 3. The number of anilines is 2.